The highest BCUT2D eigenvalue weighted by Gasteiger charge is 2.16. The smallest absolute Gasteiger partial charge is 0.163 e. The van der Waals surface area contributed by atoms with E-state index in [1.54, 1.807) is 0 Å². The van der Waals surface area contributed by atoms with E-state index in [1.165, 1.54) is 18.4 Å². The van der Waals surface area contributed by atoms with Crippen molar-refractivity contribution in [2.24, 2.45) is 5.92 Å². The van der Waals surface area contributed by atoms with Gasteiger partial charge in [-0.3, -0.25) is 0 Å². The lowest BCUT2D eigenvalue weighted by Gasteiger charge is -2.23. The molecule has 168 valence electrons. The minimum atomic E-state index is 0.356. The molecule has 0 saturated carbocycles. The standard InChI is InChI=1S/C24H32N8/c1-16(2)20-13-28-32-23(27-12-19-15-31-14-17(3)4-5-22(31)29-19)10-21(30-24(20)32)26-11-18-6-8-25-9-7-18/h4-5,10,13-16,18,25,27H,6-9,11-12H2,1-3H3,(H,26,30). The Kier molecular flexibility index (Phi) is 5.70. The third-order valence-corrected chi connectivity index (χ3v) is 6.25. The monoisotopic (exact) mass is 432 g/mol. The van der Waals surface area contributed by atoms with E-state index in [0.717, 1.165) is 53.8 Å². The van der Waals surface area contributed by atoms with Crippen LogP contribution in [0.4, 0.5) is 11.6 Å². The Balaban J connectivity index is 1.40. The molecule has 0 spiro atoms. The van der Waals surface area contributed by atoms with Crippen molar-refractivity contribution in [2.45, 2.75) is 46.1 Å². The fourth-order valence-corrected chi connectivity index (χ4v) is 4.36. The number of nitrogens with zero attached hydrogens (tertiary/aromatic N) is 5. The summed E-state index contributed by atoms with van der Waals surface area (Å²) in [6, 6.07) is 6.20. The highest BCUT2D eigenvalue weighted by atomic mass is 15.3. The lowest BCUT2D eigenvalue weighted by molar-refractivity contribution is 0.389. The zero-order valence-electron chi connectivity index (χ0n) is 19.1. The molecule has 1 aliphatic rings. The molecule has 0 amide bonds. The summed E-state index contributed by atoms with van der Waals surface area (Å²) < 4.78 is 3.98. The molecule has 0 bridgehead atoms. The average molecular weight is 433 g/mol. The van der Waals surface area contributed by atoms with Crippen LogP contribution in [0.15, 0.2) is 36.8 Å². The first-order chi connectivity index (χ1) is 15.6. The summed E-state index contributed by atoms with van der Waals surface area (Å²) in [5, 5.41) is 15.2. The minimum absolute atomic E-state index is 0.356. The van der Waals surface area contributed by atoms with Crippen LogP contribution >= 0.6 is 0 Å². The number of imidazole rings is 1. The molecule has 4 aromatic heterocycles. The highest BCUT2D eigenvalue weighted by Crippen LogP contribution is 2.25. The van der Waals surface area contributed by atoms with Gasteiger partial charge in [0.1, 0.15) is 17.3 Å². The van der Waals surface area contributed by atoms with Gasteiger partial charge in [0.05, 0.1) is 18.4 Å². The van der Waals surface area contributed by atoms with Gasteiger partial charge < -0.3 is 20.4 Å². The van der Waals surface area contributed by atoms with Crippen LogP contribution < -0.4 is 16.0 Å². The van der Waals surface area contributed by atoms with Crippen LogP contribution in [0.25, 0.3) is 11.3 Å². The lowest BCUT2D eigenvalue weighted by Crippen LogP contribution is -2.31. The third kappa shape index (κ3) is 4.27. The number of nitrogens with one attached hydrogen (secondary N) is 3. The van der Waals surface area contributed by atoms with Crippen LogP contribution in [0.2, 0.25) is 0 Å². The quantitative estimate of drug-likeness (QED) is 0.412. The first-order valence-electron chi connectivity index (χ1n) is 11.6. The van der Waals surface area contributed by atoms with Gasteiger partial charge in [0, 0.05) is 30.6 Å². The number of pyridine rings is 1. The van der Waals surface area contributed by atoms with E-state index in [0.29, 0.717) is 18.4 Å². The minimum Gasteiger partial charge on any atom is -0.370 e. The first-order valence-corrected chi connectivity index (χ1v) is 11.6. The Morgan fingerprint density at radius 3 is 2.78 bits per heavy atom. The van der Waals surface area contributed by atoms with Gasteiger partial charge in [-0.05, 0) is 56.3 Å². The van der Waals surface area contributed by atoms with E-state index in [9.17, 15) is 0 Å². The molecule has 8 heteroatoms. The van der Waals surface area contributed by atoms with Crippen molar-refractivity contribution in [3.8, 4) is 0 Å². The highest BCUT2D eigenvalue weighted by molar-refractivity contribution is 5.61. The Morgan fingerprint density at radius 1 is 1.12 bits per heavy atom. The van der Waals surface area contributed by atoms with Gasteiger partial charge in [0.2, 0.25) is 0 Å². The maximum absolute atomic E-state index is 4.91. The number of fused-ring (bicyclic) bond motifs is 2. The summed E-state index contributed by atoms with van der Waals surface area (Å²) >= 11 is 0. The van der Waals surface area contributed by atoms with Crippen LogP contribution in [0.1, 0.15) is 49.4 Å². The summed E-state index contributed by atoms with van der Waals surface area (Å²) in [4.78, 5) is 9.65. The van der Waals surface area contributed by atoms with Gasteiger partial charge in [-0.25, -0.2) is 9.97 Å². The number of hydrogen-bond acceptors (Lipinski definition) is 6. The number of hydrogen-bond donors (Lipinski definition) is 3. The van der Waals surface area contributed by atoms with E-state index in [4.69, 9.17) is 9.97 Å². The molecule has 8 nitrogen and oxygen atoms in total. The summed E-state index contributed by atoms with van der Waals surface area (Å²) in [7, 11) is 0. The SMILES string of the molecule is Cc1ccc2nc(CNc3cc(NCC4CCNCC4)nc4c(C(C)C)cnn34)cn2c1. The Hall–Kier alpha value is -3.13. The largest absolute Gasteiger partial charge is 0.370 e. The number of piperidine rings is 1. The molecule has 0 aromatic carbocycles. The summed E-state index contributed by atoms with van der Waals surface area (Å²) in [5.41, 5.74) is 5.22. The normalized spacial score (nSPS) is 15.1. The fraction of sp³-hybridized carbons (Fsp3) is 0.458. The second-order valence-electron chi connectivity index (χ2n) is 9.15. The van der Waals surface area contributed by atoms with Gasteiger partial charge in [-0.1, -0.05) is 19.9 Å². The average Bonchev–Trinajstić information content (AvgIpc) is 3.40. The molecular weight excluding hydrogens is 400 g/mol. The van der Waals surface area contributed by atoms with E-state index >= 15 is 0 Å². The lowest BCUT2D eigenvalue weighted by atomic mass is 9.98. The summed E-state index contributed by atoms with van der Waals surface area (Å²) in [5.74, 6) is 2.85. The molecule has 0 aliphatic carbocycles. The van der Waals surface area contributed by atoms with Crippen molar-refractivity contribution in [2.75, 3.05) is 30.3 Å². The van der Waals surface area contributed by atoms with E-state index < -0.39 is 0 Å². The van der Waals surface area contributed by atoms with Crippen LogP contribution in [0.3, 0.4) is 0 Å². The second kappa shape index (κ2) is 8.78. The molecule has 4 aromatic rings. The molecule has 1 fully saturated rings. The molecule has 3 N–H and O–H groups in total. The number of rotatable bonds is 7. The molecule has 1 saturated heterocycles. The Bertz CT molecular complexity index is 1220. The Labute approximate surface area is 188 Å². The molecule has 0 unspecified atom stereocenters. The van der Waals surface area contributed by atoms with Gasteiger partial charge in [0.25, 0.3) is 0 Å². The second-order valence-corrected chi connectivity index (χ2v) is 9.15. The van der Waals surface area contributed by atoms with Crippen molar-refractivity contribution in [1.29, 1.82) is 0 Å². The van der Waals surface area contributed by atoms with Gasteiger partial charge in [0.15, 0.2) is 5.65 Å². The Morgan fingerprint density at radius 2 is 1.97 bits per heavy atom. The predicted molar refractivity (Wildman–Crippen MR) is 128 cm³/mol. The van der Waals surface area contributed by atoms with Crippen molar-refractivity contribution in [3.63, 3.8) is 0 Å². The molecule has 0 radical (unpaired) electrons. The fourth-order valence-electron chi connectivity index (χ4n) is 4.36. The van der Waals surface area contributed by atoms with E-state index in [2.05, 4.69) is 76.8 Å². The van der Waals surface area contributed by atoms with Crippen molar-refractivity contribution in [1.82, 2.24) is 29.3 Å². The van der Waals surface area contributed by atoms with Gasteiger partial charge in [-0.2, -0.15) is 9.61 Å². The van der Waals surface area contributed by atoms with Crippen molar-refractivity contribution < 1.29 is 0 Å². The topological polar surface area (TPSA) is 83.6 Å². The van der Waals surface area contributed by atoms with Crippen molar-refractivity contribution in [3.05, 3.63) is 53.6 Å². The molecule has 5 rings (SSSR count). The van der Waals surface area contributed by atoms with E-state index in [1.807, 2.05) is 10.7 Å². The van der Waals surface area contributed by atoms with Crippen LogP contribution in [0, 0.1) is 12.8 Å². The maximum atomic E-state index is 4.91. The number of aryl methyl sites for hydroxylation is 1. The zero-order chi connectivity index (χ0) is 22.1. The molecule has 32 heavy (non-hydrogen) atoms. The number of aromatic nitrogens is 5. The zero-order valence-corrected chi connectivity index (χ0v) is 19.1. The summed E-state index contributed by atoms with van der Waals surface area (Å²) in [6.07, 6.45) is 8.52. The van der Waals surface area contributed by atoms with Gasteiger partial charge >= 0.3 is 0 Å². The molecular formula is C24H32N8. The van der Waals surface area contributed by atoms with Crippen LogP contribution in [-0.2, 0) is 6.54 Å². The predicted octanol–water partition coefficient (Wildman–Crippen LogP) is 3.83. The molecule has 1 aliphatic heterocycles. The van der Waals surface area contributed by atoms with E-state index in [-0.39, 0.29) is 0 Å². The summed E-state index contributed by atoms with van der Waals surface area (Å²) in [6.45, 7) is 10.2. The first kappa shape index (κ1) is 20.8. The third-order valence-electron chi connectivity index (χ3n) is 6.25. The van der Waals surface area contributed by atoms with Crippen LogP contribution in [-0.4, -0.2) is 43.6 Å². The molecule has 0 atom stereocenters. The van der Waals surface area contributed by atoms with Gasteiger partial charge in [-0.15, -0.1) is 0 Å². The van der Waals surface area contributed by atoms with Crippen LogP contribution in [0.5, 0.6) is 0 Å². The van der Waals surface area contributed by atoms with Crippen molar-refractivity contribution >= 4 is 22.9 Å². The molecule has 5 heterocycles. The maximum Gasteiger partial charge on any atom is 0.163 e. The number of anilines is 2.